The van der Waals surface area contributed by atoms with Gasteiger partial charge in [-0.05, 0) is 59.4 Å². The average molecular weight is 361 g/mol. The second kappa shape index (κ2) is 7.99. The van der Waals surface area contributed by atoms with Crippen molar-refractivity contribution in [3.8, 4) is 0 Å². The van der Waals surface area contributed by atoms with E-state index in [4.69, 9.17) is 4.52 Å². The van der Waals surface area contributed by atoms with Crippen molar-refractivity contribution < 1.29 is 13.7 Å². The quantitative estimate of drug-likeness (QED) is 0.787. The Morgan fingerprint density at radius 2 is 1.92 bits per heavy atom. The maximum absolute atomic E-state index is 13.5. The summed E-state index contributed by atoms with van der Waals surface area (Å²) in [5.41, 5.74) is 2.26. The van der Waals surface area contributed by atoms with Crippen LogP contribution in [0.25, 0.3) is 0 Å². The lowest BCUT2D eigenvalue weighted by Crippen LogP contribution is -2.48. The predicted octanol–water partition coefficient (Wildman–Crippen LogP) is 3.69. The Hall–Kier alpha value is -2.21. The van der Waals surface area contributed by atoms with Gasteiger partial charge in [0.1, 0.15) is 11.6 Å². The minimum atomic E-state index is -0.368. The van der Waals surface area contributed by atoms with E-state index in [2.05, 4.69) is 5.16 Å². The van der Waals surface area contributed by atoms with Gasteiger partial charge < -0.3 is 9.42 Å². The Morgan fingerprint density at radius 1 is 1.23 bits per heavy atom. The number of benzene rings is 1. The number of hydrogen-bond acceptors (Lipinski definition) is 4. The zero-order valence-electron chi connectivity index (χ0n) is 16.5. The lowest BCUT2D eigenvalue weighted by Gasteiger charge is -2.37. The fourth-order valence-corrected chi connectivity index (χ4v) is 2.89. The van der Waals surface area contributed by atoms with Crippen LogP contribution in [0.2, 0.25) is 0 Å². The molecule has 0 aliphatic rings. The molecule has 1 aromatic heterocycles. The number of hydrogen-bond donors (Lipinski definition) is 0. The first-order chi connectivity index (χ1) is 12.1. The van der Waals surface area contributed by atoms with Crippen molar-refractivity contribution in [2.75, 3.05) is 13.6 Å². The van der Waals surface area contributed by atoms with E-state index in [1.807, 2.05) is 52.6 Å². The van der Waals surface area contributed by atoms with Gasteiger partial charge in [-0.2, -0.15) is 0 Å². The number of rotatable bonds is 6. The number of likely N-dealkylation sites (N-methyl/N-ethyl adjacent to an activating group) is 1. The standard InChI is InChI=1S/C20H28FN3O2/c1-14-18(15(2)26-22-14)12-23(6)13-19(25)24(20(3,4)5)11-16-8-7-9-17(21)10-16/h7-10H,11-13H2,1-6H3. The maximum Gasteiger partial charge on any atom is 0.237 e. The highest BCUT2D eigenvalue weighted by Gasteiger charge is 2.27. The minimum Gasteiger partial charge on any atom is -0.361 e. The van der Waals surface area contributed by atoms with Gasteiger partial charge >= 0.3 is 0 Å². The molecule has 0 bridgehead atoms. The summed E-state index contributed by atoms with van der Waals surface area (Å²) in [6, 6.07) is 6.38. The van der Waals surface area contributed by atoms with Gasteiger partial charge in [-0.3, -0.25) is 9.69 Å². The van der Waals surface area contributed by atoms with Crippen LogP contribution in [0.4, 0.5) is 4.39 Å². The maximum atomic E-state index is 13.5. The highest BCUT2D eigenvalue weighted by atomic mass is 19.1. The molecule has 2 aromatic rings. The van der Waals surface area contributed by atoms with Crippen LogP contribution in [0.1, 0.15) is 43.4 Å². The van der Waals surface area contributed by atoms with Crippen LogP contribution in [-0.4, -0.2) is 40.0 Å². The number of carbonyl (C=O) groups is 1. The van der Waals surface area contributed by atoms with E-state index in [0.29, 0.717) is 13.1 Å². The summed E-state index contributed by atoms with van der Waals surface area (Å²) in [4.78, 5) is 16.7. The molecule has 6 heteroatoms. The molecule has 0 aliphatic heterocycles. The third-order valence-corrected chi connectivity index (χ3v) is 4.35. The molecule has 26 heavy (non-hydrogen) atoms. The van der Waals surface area contributed by atoms with Crippen molar-refractivity contribution >= 4 is 5.91 Å². The molecule has 5 nitrogen and oxygen atoms in total. The van der Waals surface area contributed by atoms with Crippen molar-refractivity contribution in [2.24, 2.45) is 0 Å². The molecule has 0 radical (unpaired) electrons. The van der Waals surface area contributed by atoms with E-state index in [0.717, 1.165) is 22.6 Å². The summed E-state index contributed by atoms with van der Waals surface area (Å²) in [5, 5.41) is 3.95. The van der Waals surface area contributed by atoms with Crippen molar-refractivity contribution in [1.29, 1.82) is 0 Å². The lowest BCUT2D eigenvalue weighted by atomic mass is 10.0. The topological polar surface area (TPSA) is 49.6 Å². The van der Waals surface area contributed by atoms with E-state index in [1.54, 1.807) is 11.0 Å². The second-order valence-electron chi connectivity index (χ2n) is 7.76. The van der Waals surface area contributed by atoms with Crippen molar-refractivity contribution in [2.45, 2.75) is 53.2 Å². The molecule has 1 heterocycles. The SMILES string of the molecule is Cc1noc(C)c1CN(C)CC(=O)N(Cc1cccc(F)c1)C(C)(C)C. The van der Waals surface area contributed by atoms with Crippen LogP contribution in [0, 0.1) is 19.7 Å². The molecule has 0 unspecified atom stereocenters. The number of aromatic nitrogens is 1. The summed E-state index contributed by atoms with van der Waals surface area (Å²) >= 11 is 0. The summed E-state index contributed by atoms with van der Waals surface area (Å²) in [7, 11) is 1.90. The Labute approximate surface area is 154 Å². The molecule has 0 aliphatic carbocycles. The van der Waals surface area contributed by atoms with Gasteiger partial charge in [0, 0.05) is 24.2 Å². The number of nitrogens with zero attached hydrogens (tertiary/aromatic N) is 3. The zero-order chi connectivity index (χ0) is 19.5. The third kappa shape index (κ3) is 5.14. The molecule has 0 atom stereocenters. The Morgan fingerprint density at radius 3 is 2.46 bits per heavy atom. The monoisotopic (exact) mass is 361 g/mol. The van der Waals surface area contributed by atoms with Crippen LogP contribution < -0.4 is 0 Å². The molecule has 0 N–H and O–H groups in total. The molecule has 2 rings (SSSR count). The van der Waals surface area contributed by atoms with Crippen molar-refractivity contribution in [1.82, 2.24) is 15.0 Å². The van der Waals surface area contributed by atoms with Crippen LogP contribution in [0.15, 0.2) is 28.8 Å². The average Bonchev–Trinajstić information content (AvgIpc) is 2.83. The first-order valence-corrected chi connectivity index (χ1v) is 8.73. The molecule has 142 valence electrons. The summed E-state index contributed by atoms with van der Waals surface area (Å²) in [6.45, 7) is 10.9. The van der Waals surface area contributed by atoms with Crippen LogP contribution in [-0.2, 0) is 17.9 Å². The smallest absolute Gasteiger partial charge is 0.237 e. The number of aryl methyl sites for hydroxylation is 2. The number of carbonyl (C=O) groups excluding carboxylic acids is 1. The normalized spacial score (nSPS) is 11.8. The van der Waals surface area contributed by atoms with Gasteiger partial charge in [0.25, 0.3) is 0 Å². The predicted molar refractivity (Wildman–Crippen MR) is 99.0 cm³/mol. The van der Waals surface area contributed by atoms with Gasteiger partial charge in [0.2, 0.25) is 5.91 Å². The molecular weight excluding hydrogens is 333 g/mol. The fraction of sp³-hybridized carbons (Fsp3) is 0.500. The van der Waals surface area contributed by atoms with Gasteiger partial charge in [-0.1, -0.05) is 17.3 Å². The third-order valence-electron chi connectivity index (χ3n) is 4.35. The second-order valence-corrected chi connectivity index (χ2v) is 7.76. The Balaban J connectivity index is 2.09. The van der Waals surface area contributed by atoms with Crippen molar-refractivity contribution in [3.63, 3.8) is 0 Å². The number of halogens is 1. The molecule has 0 saturated carbocycles. The number of amides is 1. The Bertz CT molecular complexity index is 745. The highest BCUT2D eigenvalue weighted by molar-refractivity contribution is 5.79. The van der Waals surface area contributed by atoms with Crippen LogP contribution in [0.3, 0.4) is 0 Å². The van der Waals surface area contributed by atoms with E-state index in [9.17, 15) is 9.18 Å². The molecular formula is C20H28FN3O2. The molecule has 0 saturated heterocycles. The summed E-state index contributed by atoms with van der Waals surface area (Å²) in [6.07, 6.45) is 0. The Kier molecular flexibility index (Phi) is 6.18. The molecule has 1 aromatic carbocycles. The van der Waals surface area contributed by atoms with E-state index >= 15 is 0 Å². The molecule has 0 fully saturated rings. The van der Waals surface area contributed by atoms with E-state index in [1.165, 1.54) is 12.1 Å². The van der Waals surface area contributed by atoms with E-state index in [-0.39, 0.29) is 23.8 Å². The minimum absolute atomic E-state index is 0.00368. The highest BCUT2D eigenvalue weighted by Crippen LogP contribution is 2.19. The molecule has 1 amide bonds. The first kappa shape index (κ1) is 20.1. The van der Waals surface area contributed by atoms with Gasteiger partial charge in [-0.25, -0.2) is 4.39 Å². The van der Waals surface area contributed by atoms with Crippen LogP contribution in [0.5, 0.6) is 0 Å². The molecule has 0 spiro atoms. The largest absolute Gasteiger partial charge is 0.361 e. The first-order valence-electron chi connectivity index (χ1n) is 8.73. The van der Waals surface area contributed by atoms with Gasteiger partial charge in [0.15, 0.2) is 0 Å². The van der Waals surface area contributed by atoms with Crippen molar-refractivity contribution in [3.05, 3.63) is 52.7 Å². The lowest BCUT2D eigenvalue weighted by molar-refractivity contribution is -0.137. The zero-order valence-corrected chi connectivity index (χ0v) is 16.5. The summed E-state index contributed by atoms with van der Waals surface area (Å²) < 4.78 is 18.7. The summed E-state index contributed by atoms with van der Waals surface area (Å²) in [5.74, 6) is 0.476. The van der Waals surface area contributed by atoms with Gasteiger partial charge in [-0.15, -0.1) is 0 Å². The van der Waals surface area contributed by atoms with E-state index < -0.39 is 0 Å². The fourth-order valence-electron chi connectivity index (χ4n) is 2.89. The van der Waals surface area contributed by atoms with Gasteiger partial charge in [0.05, 0.1) is 12.2 Å². The van der Waals surface area contributed by atoms with Crippen LogP contribution >= 0.6 is 0 Å².